The fourth-order valence-corrected chi connectivity index (χ4v) is 3.96. The number of thioether (sulfide) groups is 1. The molecule has 0 bridgehead atoms. The fraction of sp³-hybridized carbons (Fsp3) is 0.217. The van der Waals surface area contributed by atoms with Gasteiger partial charge in [-0.25, -0.2) is 4.39 Å². The highest BCUT2D eigenvalue weighted by molar-refractivity contribution is 8.26. The number of carbonyl (C=O) groups is 1. The predicted octanol–water partition coefficient (Wildman–Crippen LogP) is 5.21. The van der Waals surface area contributed by atoms with Crippen molar-refractivity contribution in [3.05, 3.63) is 71.0 Å². The third-order valence-electron chi connectivity index (χ3n) is 4.75. The Labute approximate surface area is 184 Å². The molecule has 0 atom stereocenters. The van der Waals surface area contributed by atoms with Crippen molar-refractivity contribution >= 4 is 39.8 Å². The number of unbranched alkanes of at least 4 members (excludes halogenated alkanes) is 1. The lowest BCUT2D eigenvalue weighted by molar-refractivity contribution is -0.114. The normalized spacial score (nSPS) is 17.0. The lowest BCUT2D eigenvalue weighted by atomic mass is 10.1. The molecule has 2 aliphatic heterocycles. The molecular weight excluding hydrogens is 415 g/mol. The first-order valence-corrected chi connectivity index (χ1v) is 10.8. The van der Waals surface area contributed by atoms with Gasteiger partial charge in [0, 0.05) is 0 Å². The minimum absolute atomic E-state index is 0.0330. The summed E-state index contributed by atoms with van der Waals surface area (Å²) in [6.07, 6.45) is 4.51. The van der Waals surface area contributed by atoms with Crippen LogP contribution in [0.25, 0.3) is 6.08 Å². The smallest absolute Gasteiger partial charge is 0.283 e. The van der Waals surface area contributed by atoms with Gasteiger partial charge in [-0.15, -0.1) is 0 Å². The Hall–Kier alpha value is -3.26. The van der Waals surface area contributed by atoms with Gasteiger partial charge in [0.25, 0.3) is 5.91 Å². The van der Waals surface area contributed by atoms with Crippen LogP contribution in [0.15, 0.2) is 64.2 Å². The van der Waals surface area contributed by atoms with E-state index in [0.717, 1.165) is 35.4 Å². The van der Waals surface area contributed by atoms with Gasteiger partial charge in [0.15, 0.2) is 5.84 Å². The predicted molar refractivity (Wildman–Crippen MR) is 122 cm³/mol. The quantitative estimate of drug-likeness (QED) is 0.604. The highest BCUT2D eigenvalue weighted by atomic mass is 32.2. The van der Waals surface area contributed by atoms with Crippen LogP contribution in [-0.4, -0.2) is 27.0 Å². The summed E-state index contributed by atoms with van der Waals surface area (Å²) in [4.78, 5) is 16.6. The molecule has 6 nitrogen and oxygen atoms in total. The monoisotopic (exact) mass is 436 g/mol. The van der Waals surface area contributed by atoms with E-state index in [1.54, 1.807) is 30.3 Å². The van der Waals surface area contributed by atoms with Gasteiger partial charge in [0.05, 0.1) is 5.57 Å². The standard InChI is InChI=1S/C23H21FN4O2S/c1-2-3-4-20-27-28-21(25)19(22(29)26-23(28)31-20)13-15-7-11-18(12-8-15)30-14-16-5-9-17(24)10-6-16/h5-13,25H,2-4,14H2,1H3. The molecule has 0 spiro atoms. The molecule has 2 aromatic carbocycles. The van der Waals surface area contributed by atoms with Crippen molar-refractivity contribution in [1.29, 1.82) is 5.41 Å². The molecule has 0 unspecified atom stereocenters. The molecule has 2 aliphatic rings. The number of hydrazone groups is 1. The zero-order valence-corrected chi connectivity index (χ0v) is 17.8. The summed E-state index contributed by atoms with van der Waals surface area (Å²) in [7, 11) is 0. The molecule has 4 rings (SSSR count). The van der Waals surface area contributed by atoms with E-state index < -0.39 is 5.91 Å². The van der Waals surface area contributed by atoms with E-state index in [1.165, 1.54) is 28.9 Å². The van der Waals surface area contributed by atoms with Gasteiger partial charge in [-0.2, -0.15) is 15.1 Å². The molecule has 0 saturated carbocycles. The van der Waals surface area contributed by atoms with Gasteiger partial charge in [0.2, 0.25) is 5.17 Å². The number of halogens is 1. The number of ether oxygens (including phenoxy) is 1. The molecule has 0 aliphatic carbocycles. The third kappa shape index (κ3) is 4.91. The van der Waals surface area contributed by atoms with E-state index in [4.69, 9.17) is 10.1 Å². The summed E-state index contributed by atoms with van der Waals surface area (Å²) in [5, 5.41) is 15.6. The molecule has 0 radical (unpaired) electrons. The topological polar surface area (TPSA) is 78.1 Å². The van der Waals surface area contributed by atoms with Crippen LogP contribution in [0.3, 0.4) is 0 Å². The van der Waals surface area contributed by atoms with Crippen LogP contribution < -0.4 is 4.74 Å². The summed E-state index contributed by atoms with van der Waals surface area (Å²) < 4.78 is 18.7. The number of hydrogen-bond acceptors (Lipinski definition) is 5. The minimum atomic E-state index is -0.438. The number of amides is 1. The number of rotatable bonds is 7. The summed E-state index contributed by atoms with van der Waals surface area (Å²) in [6, 6.07) is 13.3. The first-order valence-electron chi connectivity index (χ1n) is 10.00. The average molecular weight is 437 g/mol. The van der Waals surface area contributed by atoms with Gasteiger partial charge in [-0.3, -0.25) is 10.2 Å². The van der Waals surface area contributed by atoms with Gasteiger partial charge in [0.1, 0.15) is 23.2 Å². The van der Waals surface area contributed by atoms with Gasteiger partial charge >= 0.3 is 0 Å². The second kappa shape index (κ2) is 9.26. The Morgan fingerprint density at radius 1 is 1.16 bits per heavy atom. The van der Waals surface area contributed by atoms with Crippen molar-refractivity contribution in [2.24, 2.45) is 10.1 Å². The fourth-order valence-electron chi connectivity index (χ4n) is 3.04. The van der Waals surface area contributed by atoms with Crippen LogP contribution in [-0.2, 0) is 11.4 Å². The third-order valence-corrected chi connectivity index (χ3v) is 5.72. The lowest BCUT2D eigenvalue weighted by Gasteiger charge is -2.20. The summed E-state index contributed by atoms with van der Waals surface area (Å²) in [6.45, 7) is 2.43. The van der Waals surface area contributed by atoms with E-state index in [-0.39, 0.29) is 17.2 Å². The highest BCUT2D eigenvalue weighted by Gasteiger charge is 2.35. The maximum atomic E-state index is 13.0. The maximum Gasteiger partial charge on any atom is 0.283 e. The van der Waals surface area contributed by atoms with Crippen LogP contribution in [0.4, 0.5) is 4.39 Å². The Kier molecular flexibility index (Phi) is 6.27. The van der Waals surface area contributed by atoms with Crippen molar-refractivity contribution in [1.82, 2.24) is 5.01 Å². The minimum Gasteiger partial charge on any atom is -0.489 e. The van der Waals surface area contributed by atoms with Gasteiger partial charge in [-0.05, 0) is 66.1 Å². The first kappa shape index (κ1) is 21.0. The zero-order chi connectivity index (χ0) is 21.8. The number of amidine groups is 2. The number of benzene rings is 2. The van der Waals surface area contributed by atoms with Crippen molar-refractivity contribution in [2.45, 2.75) is 32.8 Å². The van der Waals surface area contributed by atoms with E-state index >= 15 is 0 Å². The molecule has 1 N–H and O–H groups in total. The summed E-state index contributed by atoms with van der Waals surface area (Å²) >= 11 is 1.36. The lowest BCUT2D eigenvalue weighted by Crippen LogP contribution is -2.35. The number of hydrogen-bond donors (Lipinski definition) is 1. The summed E-state index contributed by atoms with van der Waals surface area (Å²) in [5.74, 6) is -0.0354. The van der Waals surface area contributed by atoms with Crippen molar-refractivity contribution < 1.29 is 13.9 Å². The van der Waals surface area contributed by atoms with E-state index in [0.29, 0.717) is 17.5 Å². The van der Waals surface area contributed by atoms with E-state index in [2.05, 4.69) is 17.0 Å². The van der Waals surface area contributed by atoms with Gasteiger partial charge in [-0.1, -0.05) is 37.6 Å². The number of nitrogens with zero attached hydrogens (tertiary/aromatic N) is 3. The van der Waals surface area contributed by atoms with Crippen LogP contribution in [0.2, 0.25) is 0 Å². The molecule has 0 aromatic heterocycles. The molecule has 1 amide bonds. The molecule has 0 saturated heterocycles. The van der Waals surface area contributed by atoms with E-state index in [9.17, 15) is 9.18 Å². The Bertz CT molecular complexity index is 1090. The first-order chi connectivity index (χ1) is 15.0. The maximum absolute atomic E-state index is 13.0. The molecule has 0 fully saturated rings. The summed E-state index contributed by atoms with van der Waals surface area (Å²) in [5.41, 5.74) is 1.82. The van der Waals surface area contributed by atoms with Crippen molar-refractivity contribution in [3.8, 4) is 5.75 Å². The largest absolute Gasteiger partial charge is 0.489 e. The zero-order valence-electron chi connectivity index (χ0n) is 17.0. The molecule has 2 heterocycles. The van der Waals surface area contributed by atoms with Crippen molar-refractivity contribution in [3.63, 3.8) is 0 Å². The molecule has 31 heavy (non-hydrogen) atoms. The highest BCUT2D eigenvalue weighted by Crippen LogP contribution is 2.30. The SMILES string of the molecule is CCCCC1=NN2C(=N)C(=Cc3ccc(OCc4ccc(F)cc4)cc3)C(=O)N=C2S1. The van der Waals surface area contributed by atoms with Crippen LogP contribution in [0.1, 0.15) is 37.3 Å². The number of aliphatic imine (C=N–C) groups is 1. The number of nitrogens with one attached hydrogen (secondary N) is 1. The molecule has 2 aromatic rings. The average Bonchev–Trinajstić information content (AvgIpc) is 3.18. The Morgan fingerprint density at radius 2 is 1.90 bits per heavy atom. The van der Waals surface area contributed by atoms with E-state index in [1.807, 2.05) is 12.1 Å². The number of fused-ring (bicyclic) bond motifs is 1. The second-order valence-electron chi connectivity index (χ2n) is 7.10. The van der Waals surface area contributed by atoms with Crippen LogP contribution >= 0.6 is 11.8 Å². The molecular formula is C23H21FN4O2S. The Morgan fingerprint density at radius 3 is 2.61 bits per heavy atom. The van der Waals surface area contributed by atoms with Gasteiger partial charge < -0.3 is 4.74 Å². The molecule has 8 heteroatoms. The van der Waals surface area contributed by atoms with Crippen LogP contribution in [0, 0.1) is 11.2 Å². The van der Waals surface area contributed by atoms with Crippen LogP contribution in [0.5, 0.6) is 5.75 Å². The van der Waals surface area contributed by atoms with Crippen molar-refractivity contribution in [2.75, 3.05) is 0 Å². The second-order valence-corrected chi connectivity index (χ2v) is 8.14. The Balaban J connectivity index is 1.44. The number of carbonyl (C=O) groups excluding carboxylic acids is 1. The molecule has 158 valence electrons.